The summed E-state index contributed by atoms with van der Waals surface area (Å²) in [6, 6.07) is 16.0. The van der Waals surface area contributed by atoms with Crippen LogP contribution in [0.4, 0.5) is 0 Å². The van der Waals surface area contributed by atoms with Crippen LogP contribution in [0, 0.1) is 11.3 Å². The van der Waals surface area contributed by atoms with Crippen LogP contribution in [0.2, 0.25) is 0 Å². The molecule has 0 unspecified atom stereocenters. The molecule has 1 aromatic carbocycles. The summed E-state index contributed by atoms with van der Waals surface area (Å²) in [5.41, 5.74) is 1.87. The molecular weight excluding hydrogens is 364 g/mol. The summed E-state index contributed by atoms with van der Waals surface area (Å²) >= 11 is 3.27. The first-order valence-electron chi connectivity index (χ1n) is 8.09. The Morgan fingerprint density at radius 1 is 1.23 bits per heavy atom. The van der Waals surface area contributed by atoms with Gasteiger partial charge in [-0.1, -0.05) is 30.0 Å². The van der Waals surface area contributed by atoms with E-state index in [1.165, 1.54) is 11.8 Å². The van der Waals surface area contributed by atoms with E-state index in [1.54, 1.807) is 35.9 Å². The first-order valence-corrected chi connectivity index (χ1v) is 10.1. The van der Waals surface area contributed by atoms with Crippen molar-refractivity contribution in [3.63, 3.8) is 0 Å². The van der Waals surface area contributed by atoms with E-state index in [-0.39, 0.29) is 5.78 Å². The van der Waals surface area contributed by atoms with Gasteiger partial charge in [-0.15, -0.1) is 11.8 Å². The summed E-state index contributed by atoms with van der Waals surface area (Å²) in [4.78, 5) is 13.4. The third kappa shape index (κ3) is 3.90. The molecule has 4 nitrogen and oxygen atoms in total. The number of nitrogens with zero attached hydrogens (tertiary/aromatic N) is 1. The highest BCUT2D eigenvalue weighted by Gasteiger charge is 2.34. The maximum Gasteiger partial charge on any atom is 0.158 e. The number of furan rings is 1. The van der Waals surface area contributed by atoms with Gasteiger partial charge in [0.25, 0.3) is 0 Å². The fourth-order valence-corrected chi connectivity index (χ4v) is 5.05. The molecule has 1 aliphatic heterocycles. The monoisotopic (exact) mass is 382 g/mol. The van der Waals surface area contributed by atoms with Gasteiger partial charge in [0.2, 0.25) is 0 Å². The zero-order valence-corrected chi connectivity index (χ0v) is 16.1. The molecule has 0 radical (unpaired) electrons. The van der Waals surface area contributed by atoms with Gasteiger partial charge < -0.3 is 9.73 Å². The number of nitriles is 1. The van der Waals surface area contributed by atoms with Gasteiger partial charge in [-0.2, -0.15) is 5.26 Å². The summed E-state index contributed by atoms with van der Waals surface area (Å²) < 4.78 is 5.54. The molecule has 26 heavy (non-hydrogen) atoms. The number of benzene rings is 1. The van der Waals surface area contributed by atoms with E-state index in [2.05, 4.69) is 23.5 Å². The van der Waals surface area contributed by atoms with Crippen LogP contribution in [0.3, 0.4) is 0 Å². The molecule has 1 aliphatic rings. The van der Waals surface area contributed by atoms with Crippen LogP contribution >= 0.6 is 23.5 Å². The lowest BCUT2D eigenvalue weighted by Crippen LogP contribution is -2.26. The second kappa shape index (κ2) is 8.35. The zero-order valence-electron chi connectivity index (χ0n) is 14.5. The topological polar surface area (TPSA) is 66.0 Å². The third-order valence-corrected chi connectivity index (χ3v) is 6.19. The van der Waals surface area contributed by atoms with Gasteiger partial charge in [-0.05, 0) is 38.1 Å². The normalized spacial score (nSPS) is 17.0. The van der Waals surface area contributed by atoms with Crippen LogP contribution in [0.25, 0.3) is 0 Å². The standard InChI is InChI=1S/C20H18N2O2S2/c1-13-18(14(2)23)19(17-9-6-10-24-17)16(11-21)20(22-13)26-12-25-15-7-4-3-5-8-15/h3-10,19,22H,12H2,1-2H3/t19-/m0/s1. The van der Waals surface area contributed by atoms with E-state index in [0.717, 1.165) is 15.8 Å². The highest BCUT2D eigenvalue weighted by atomic mass is 32.2. The van der Waals surface area contributed by atoms with Crippen molar-refractivity contribution in [2.75, 3.05) is 5.08 Å². The molecule has 1 atom stereocenters. The fraction of sp³-hybridized carbons (Fsp3) is 0.200. The van der Waals surface area contributed by atoms with E-state index in [4.69, 9.17) is 4.42 Å². The van der Waals surface area contributed by atoms with Crippen molar-refractivity contribution < 1.29 is 9.21 Å². The largest absolute Gasteiger partial charge is 0.468 e. The maximum absolute atomic E-state index is 12.2. The van der Waals surface area contributed by atoms with E-state index in [0.29, 0.717) is 16.9 Å². The SMILES string of the molecule is CC(=O)C1=C(C)NC(SCSc2ccccc2)=C(C#N)[C@H]1c1ccco1. The Morgan fingerprint density at radius 3 is 2.62 bits per heavy atom. The molecule has 3 rings (SSSR count). The molecule has 0 bridgehead atoms. The van der Waals surface area contributed by atoms with Gasteiger partial charge in [0.05, 0.1) is 33.9 Å². The molecule has 0 saturated heterocycles. The fourth-order valence-electron chi connectivity index (χ4n) is 2.91. The van der Waals surface area contributed by atoms with Crippen molar-refractivity contribution in [1.29, 1.82) is 5.26 Å². The Morgan fingerprint density at radius 2 is 2.00 bits per heavy atom. The van der Waals surface area contributed by atoms with Crippen molar-refractivity contribution >= 4 is 29.3 Å². The molecule has 0 amide bonds. The Labute approximate surface area is 161 Å². The minimum absolute atomic E-state index is 0.0631. The Kier molecular flexibility index (Phi) is 5.92. The minimum atomic E-state index is -0.460. The summed E-state index contributed by atoms with van der Waals surface area (Å²) in [7, 11) is 0. The Hall–Kier alpha value is -2.36. The molecule has 1 N–H and O–H groups in total. The number of carbonyl (C=O) groups is 1. The molecule has 6 heteroatoms. The third-order valence-electron chi connectivity index (χ3n) is 4.03. The van der Waals surface area contributed by atoms with Crippen LogP contribution in [-0.4, -0.2) is 10.9 Å². The second-order valence-corrected chi connectivity index (χ2v) is 8.14. The highest BCUT2D eigenvalue weighted by Crippen LogP contribution is 2.41. The van der Waals surface area contributed by atoms with Crippen molar-refractivity contribution in [1.82, 2.24) is 5.32 Å². The van der Waals surface area contributed by atoms with Gasteiger partial charge in [-0.25, -0.2) is 0 Å². The summed E-state index contributed by atoms with van der Waals surface area (Å²) in [5.74, 6) is 0.0891. The first kappa shape index (κ1) is 18.4. The average Bonchev–Trinajstić information content (AvgIpc) is 3.16. The molecule has 2 aromatic rings. The highest BCUT2D eigenvalue weighted by molar-refractivity contribution is 8.17. The molecule has 0 aliphatic carbocycles. The molecular formula is C20H18N2O2S2. The van der Waals surface area contributed by atoms with Gasteiger partial charge in [0.15, 0.2) is 5.78 Å². The van der Waals surface area contributed by atoms with E-state index >= 15 is 0 Å². The molecule has 0 fully saturated rings. The van der Waals surface area contributed by atoms with Crippen molar-refractivity contribution in [2.45, 2.75) is 24.7 Å². The van der Waals surface area contributed by atoms with Crippen molar-refractivity contribution in [2.24, 2.45) is 0 Å². The summed E-state index contributed by atoms with van der Waals surface area (Å²) in [6.45, 7) is 3.39. The Bertz CT molecular complexity index is 894. The smallest absolute Gasteiger partial charge is 0.158 e. The van der Waals surface area contributed by atoms with Crippen LogP contribution in [0.1, 0.15) is 25.5 Å². The average molecular weight is 383 g/mol. The predicted molar refractivity (Wildman–Crippen MR) is 105 cm³/mol. The molecule has 0 saturated carbocycles. The molecule has 0 spiro atoms. The van der Waals surface area contributed by atoms with Gasteiger partial charge in [0.1, 0.15) is 5.76 Å². The van der Waals surface area contributed by atoms with E-state index in [9.17, 15) is 10.1 Å². The number of hydrogen-bond acceptors (Lipinski definition) is 6. The Balaban J connectivity index is 1.87. The quantitative estimate of drug-likeness (QED) is 0.557. The number of nitrogens with one attached hydrogen (secondary N) is 1. The second-order valence-electron chi connectivity index (χ2n) is 5.74. The first-order chi connectivity index (χ1) is 12.6. The van der Waals surface area contributed by atoms with Crippen LogP contribution < -0.4 is 5.32 Å². The number of Topliss-reactive ketones (excluding diaryl/α,β-unsaturated/α-hetero) is 1. The predicted octanol–water partition coefficient (Wildman–Crippen LogP) is 5.05. The number of thioether (sulfide) groups is 2. The number of allylic oxidation sites excluding steroid dienone is 3. The van der Waals surface area contributed by atoms with Gasteiger partial charge in [0, 0.05) is 16.2 Å². The lowest BCUT2D eigenvalue weighted by molar-refractivity contribution is -0.113. The van der Waals surface area contributed by atoms with Crippen molar-refractivity contribution in [3.8, 4) is 6.07 Å². The molecule has 2 heterocycles. The summed E-state index contributed by atoms with van der Waals surface area (Å²) in [5, 5.41) is 14.6. The number of rotatable bonds is 6. The lowest BCUT2D eigenvalue weighted by atomic mass is 9.84. The summed E-state index contributed by atoms with van der Waals surface area (Å²) in [6.07, 6.45) is 1.57. The van der Waals surface area contributed by atoms with Crippen LogP contribution in [0.5, 0.6) is 0 Å². The number of ketones is 1. The number of hydrogen-bond donors (Lipinski definition) is 1. The lowest BCUT2D eigenvalue weighted by Gasteiger charge is -2.27. The van der Waals surface area contributed by atoms with Gasteiger partial charge in [-0.3, -0.25) is 4.79 Å². The molecule has 132 valence electrons. The number of carbonyl (C=O) groups excluding carboxylic acids is 1. The van der Waals surface area contributed by atoms with Crippen molar-refractivity contribution in [3.05, 3.63) is 76.4 Å². The zero-order chi connectivity index (χ0) is 18.5. The van der Waals surface area contributed by atoms with Crippen LogP contribution in [-0.2, 0) is 4.79 Å². The minimum Gasteiger partial charge on any atom is -0.468 e. The van der Waals surface area contributed by atoms with E-state index in [1.807, 2.05) is 31.2 Å². The van der Waals surface area contributed by atoms with Crippen LogP contribution in [0.15, 0.2) is 79.9 Å². The molecule has 1 aromatic heterocycles. The van der Waals surface area contributed by atoms with Gasteiger partial charge >= 0.3 is 0 Å². The van der Waals surface area contributed by atoms with E-state index < -0.39 is 5.92 Å². The number of dihydropyridines is 1. The maximum atomic E-state index is 12.2.